The molecule has 1 aliphatic carbocycles. The number of aromatic nitrogens is 2. The van der Waals surface area contributed by atoms with Gasteiger partial charge >= 0.3 is 0 Å². The molecule has 0 amide bonds. The second-order valence-corrected chi connectivity index (χ2v) is 5.51. The molecule has 0 saturated carbocycles. The molecule has 1 aromatic heterocycles. The van der Waals surface area contributed by atoms with E-state index in [1.165, 1.54) is 12.7 Å². The first-order valence-corrected chi connectivity index (χ1v) is 7.24. The fraction of sp³-hybridized carbons (Fsp3) is 0.438. The van der Waals surface area contributed by atoms with Crippen LogP contribution >= 0.6 is 0 Å². The van der Waals surface area contributed by atoms with E-state index in [4.69, 9.17) is 4.74 Å². The van der Waals surface area contributed by atoms with Gasteiger partial charge in [-0.05, 0) is 36.1 Å². The molecular formula is C16H20FN3O. The van der Waals surface area contributed by atoms with E-state index in [0.29, 0.717) is 5.75 Å². The molecule has 2 aromatic rings. The number of ether oxygens (including phenoxy) is 1. The minimum absolute atomic E-state index is 0.226. The molecule has 0 saturated heterocycles. The van der Waals surface area contributed by atoms with Gasteiger partial charge in [0, 0.05) is 32.3 Å². The Morgan fingerprint density at radius 2 is 2.33 bits per heavy atom. The number of aryl methyl sites for hydroxylation is 2. The first kappa shape index (κ1) is 14.1. The zero-order valence-electron chi connectivity index (χ0n) is 12.4. The van der Waals surface area contributed by atoms with E-state index in [2.05, 4.69) is 10.3 Å². The maximum Gasteiger partial charge on any atom is 0.165 e. The lowest BCUT2D eigenvalue weighted by Crippen LogP contribution is -2.22. The predicted molar refractivity (Wildman–Crippen MR) is 78.9 cm³/mol. The summed E-state index contributed by atoms with van der Waals surface area (Å²) in [5.41, 5.74) is 3.32. The molecule has 0 bridgehead atoms. The lowest BCUT2D eigenvalue weighted by atomic mass is 10.1. The molecule has 112 valence electrons. The van der Waals surface area contributed by atoms with Crippen LogP contribution in [-0.4, -0.2) is 23.2 Å². The smallest absolute Gasteiger partial charge is 0.165 e. The molecule has 3 rings (SSSR count). The van der Waals surface area contributed by atoms with E-state index in [-0.39, 0.29) is 11.9 Å². The second kappa shape index (κ2) is 5.85. The summed E-state index contributed by atoms with van der Waals surface area (Å²) in [5.74, 6) is 0.0533. The molecule has 1 aliphatic rings. The number of methoxy groups -OCH3 is 1. The molecule has 1 unspecified atom stereocenters. The van der Waals surface area contributed by atoms with Crippen molar-refractivity contribution in [3.8, 4) is 5.75 Å². The Labute approximate surface area is 124 Å². The van der Waals surface area contributed by atoms with Crippen molar-refractivity contribution in [1.29, 1.82) is 0 Å². The number of imidazole rings is 1. The van der Waals surface area contributed by atoms with Gasteiger partial charge in [0.05, 0.1) is 19.1 Å². The van der Waals surface area contributed by atoms with Crippen molar-refractivity contribution in [2.45, 2.75) is 25.3 Å². The van der Waals surface area contributed by atoms with Gasteiger partial charge < -0.3 is 14.6 Å². The number of nitrogens with zero attached hydrogens (tertiary/aromatic N) is 2. The molecule has 5 heteroatoms. The van der Waals surface area contributed by atoms with Crippen LogP contribution in [0.2, 0.25) is 0 Å². The van der Waals surface area contributed by atoms with Crippen LogP contribution < -0.4 is 10.1 Å². The molecular weight excluding hydrogens is 269 g/mol. The van der Waals surface area contributed by atoms with Crippen LogP contribution in [0.4, 0.5) is 4.39 Å². The van der Waals surface area contributed by atoms with Crippen LogP contribution in [0.3, 0.4) is 0 Å². The van der Waals surface area contributed by atoms with Gasteiger partial charge in [-0.15, -0.1) is 0 Å². The van der Waals surface area contributed by atoms with Crippen molar-refractivity contribution in [2.75, 3.05) is 13.7 Å². The topological polar surface area (TPSA) is 39.1 Å². The molecule has 4 nitrogen and oxygen atoms in total. The van der Waals surface area contributed by atoms with Gasteiger partial charge in [-0.3, -0.25) is 0 Å². The molecule has 0 fully saturated rings. The van der Waals surface area contributed by atoms with Crippen molar-refractivity contribution in [1.82, 2.24) is 14.9 Å². The highest BCUT2D eigenvalue weighted by Gasteiger charge is 2.24. The molecule has 0 spiro atoms. The number of rotatable bonds is 5. The Kier molecular flexibility index (Phi) is 3.92. The summed E-state index contributed by atoms with van der Waals surface area (Å²) < 4.78 is 20.8. The summed E-state index contributed by atoms with van der Waals surface area (Å²) in [7, 11) is 3.47. The van der Waals surface area contributed by atoms with E-state index in [0.717, 1.165) is 37.1 Å². The van der Waals surface area contributed by atoms with Crippen molar-refractivity contribution in [3.63, 3.8) is 0 Å². The number of fused-ring (bicyclic) bond motifs is 1. The monoisotopic (exact) mass is 289 g/mol. The average Bonchev–Trinajstić information content (AvgIpc) is 3.05. The maximum absolute atomic E-state index is 13.8. The lowest BCUT2D eigenvalue weighted by molar-refractivity contribution is 0.385. The van der Waals surface area contributed by atoms with Crippen molar-refractivity contribution in [3.05, 3.63) is 47.3 Å². The third-order valence-electron chi connectivity index (χ3n) is 4.02. The molecule has 21 heavy (non-hydrogen) atoms. The highest BCUT2D eigenvalue weighted by atomic mass is 19.1. The van der Waals surface area contributed by atoms with Gasteiger partial charge in [-0.25, -0.2) is 9.37 Å². The molecule has 1 aromatic carbocycles. The summed E-state index contributed by atoms with van der Waals surface area (Å²) in [6.45, 7) is 0.842. The molecule has 1 atom stereocenters. The van der Waals surface area contributed by atoms with Crippen LogP contribution in [0.15, 0.2) is 24.7 Å². The van der Waals surface area contributed by atoms with E-state index in [9.17, 15) is 4.39 Å². The Balaban J connectivity index is 1.63. The number of benzene rings is 1. The number of nitrogens with one attached hydrogen (secondary N) is 1. The van der Waals surface area contributed by atoms with Crippen LogP contribution in [0, 0.1) is 5.82 Å². The predicted octanol–water partition coefficient (Wildman–Crippen LogP) is 2.39. The normalized spacial score (nSPS) is 17.0. The van der Waals surface area contributed by atoms with Crippen molar-refractivity contribution < 1.29 is 9.13 Å². The zero-order chi connectivity index (χ0) is 14.8. The van der Waals surface area contributed by atoms with E-state index >= 15 is 0 Å². The largest absolute Gasteiger partial charge is 0.494 e. The minimum Gasteiger partial charge on any atom is -0.494 e. The van der Waals surface area contributed by atoms with Crippen LogP contribution in [0.5, 0.6) is 5.75 Å². The Bertz CT molecular complexity index is 638. The summed E-state index contributed by atoms with van der Waals surface area (Å²) >= 11 is 0. The van der Waals surface area contributed by atoms with Crippen molar-refractivity contribution in [2.24, 2.45) is 7.05 Å². The highest BCUT2D eigenvalue weighted by molar-refractivity contribution is 5.41. The molecule has 1 heterocycles. The van der Waals surface area contributed by atoms with Gasteiger partial charge in [0.1, 0.15) is 0 Å². The van der Waals surface area contributed by atoms with Gasteiger partial charge in [-0.2, -0.15) is 0 Å². The zero-order valence-corrected chi connectivity index (χ0v) is 12.4. The second-order valence-electron chi connectivity index (χ2n) is 5.51. The Morgan fingerprint density at radius 1 is 1.48 bits per heavy atom. The summed E-state index contributed by atoms with van der Waals surface area (Å²) in [5, 5.41) is 3.50. The SMILES string of the molecule is COc1cc2c(cc1F)C(NCCc1cn(C)cn1)CC2. The third-order valence-corrected chi connectivity index (χ3v) is 4.02. The fourth-order valence-corrected chi connectivity index (χ4v) is 2.95. The fourth-order valence-electron chi connectivity index (χ4n) is 2.95. The maximum atomic E-state index is 13.8. The molecule has 0 radical (unpaired) electrons. The van der Waals surface area contributed by atoms with Gasteiger partial charge in [0.2, 0.25) is 0 Å². The van der Waals surface area contributed by atoms with Crippen LogP contribution in [-0.2, 0) is 19.9 Å². The van der Waals surface area contributed by atoms with Gasteiger partial charge in [0.25, 0.3) is 0 Å². The van der Waals surface area contributed by atoms with Gasteiger partial charge in [0.15, 0.2) is 11.6 Å². The standard InChI is InChI=1S/C16H20FN3O/c1-20-9-12(19-10-20)5-6-18-15-4-3-11-7-16(21-2)14(17)8-13(11)15/h7-10,15,18H,3-6H2,1-2H3. The van der Waals surface area contributed by atoms with Gasteiger partial charge in [-0.1, -0.05) is 0 Å². The van der Waals surface area contributed by atoms with Crippen molar-refractivity contribution >= 4 is 0 Å². The third kappa shape index (κ3) is 2.93. The van der Waals surface area contributed by atoms with Crippen LogP contribution in [0.25, 0.3) is 0 Å². The first-order valence-electron chi connectivity index (χ1n) is 7.24. The summed E-state index contributed by atoms with van der Waals surface area (Å²) in [4.78, 5) is 4.31. The highest BCUT2D eigenvalue weighted by Crippen LogP contribution is 2.35. The Morgan fingerprint density at radius 3 is 3.05 bits per heavy atom. The Hall–Kier alpha value is -1.88. The number of hydrogen-bond acceptors (Lipinski definition) is 3. The van der Waals surface area contributed by atoms with Crippen LogP contribution in [0.1, 0.15) is 29.3 Å². The van der Waals surface area contributed by atoms with E-state index in [1.54, 1.807) is 6.07 Å². The van der Waals surface area contributed by atoms with E-state index < -0.39 is 0 Å². The first-order chi connectivity index (χ1) is 10.2. The summed E-state index contributed by atoms with van der Waals surface area (Å²) in [6, 6.07) is 3.66. The molecule has 1 N–H and O–H groups in total. The quantitative estimate of drug-likeness (QED) is 0.918. The molecule has 0 aliphatic heterocycles. The number of halogens is 1. The number of hydrogen-bond donors (Lipinski definition) is 1. The lowest BCUT2D eigenvalue weighted by Gasteiger charge is -2.14. The minimum atomic E-state index is -0.283. The summed E-state index contributed by atoms with van der Waals surface area (Å²) in [6.07, 6.45) is 6.68. The average molecular weight is 289 g/mol. The van der Waals surface area contributed by atoms with E-state index in [1.807, 2.05) is 30.2 Å².